The lowest BCUT2D eigenvalue weighted by atomic mass is 9.91. The lowest BCUT2D eigenvalue weighted by molar-refractivity contribution is -0.143. The minimum atomic E-state index is -0.458. The van der Waals surface area contributed by atoms with E-state index in [1.54, 1.807) is 17.0 Å². The van der Waals surface area contributed by atoms with Gasteiger partial charge >= 0.3 is 0 Å². The van der Waals surface area contributed by atoms with Crippen LogP contribution in [0.2, 0.25) is 5.02 Å². The molecular formula is C17H24ClN3O2. The lowest BCUT2D eigenvalue weighted by Crippen LogP contribution is -2.63. The predicted molar refractivity (Wildman–Crippen MR) is 90.4 cm³/mol. The summed E-state index contributed by atoms with van der Waals surface area (Å²) in [4.78, 5) is 33.0. The molecule has 0 spiro atoms. The predicted octanol–water partition coefficient (Wildman–Crippen LogP) is 2.84. The molecule has 2 heterocycles. The van der Waals surface area contributed by atoms with Gasteiger partial charge in [0.25, 0.3) is 5.91 Å². The largest absolute Gasteiger partial charge is 0.338 e. The van der Waals surface area contributed by atoms with E-state index >= 15 is 0 Å². The van der Waals surface area contributed by atoms with Gasteiger partial charge in [0.2, 0.25) is 5.91 Å². The van der Waals surface area contributed by atoms with Crippen LogP contribution in [0, 0.1) is 5.41 Å². The van der Waals surface area contributed by atoms with Gasteiger partial charge in [0.15, 0.2) is 0 Å². The van der Waals surface area contributed by atoms with E-state index in [-0.39, 0.29) is 11.8 Å². The number of pyridine rings is 1. The van der Waals surface area contributed by atoms with E-state index in [9.17, 15) is 9.59 Å². The van der Waals surface area contributed by atoms with Gasteiger partial charge in [0, 0.05) is 36.3 Å². The van der Waals surface area contributed by atoms with E-state index in [2.05, 4.69) is 4.98 Å². The van der Waals surface area contributed by atoms with Crippen LogP contribution >= 0.6 is 11.6 Å². The summed E-state index contributed by atoms with van der Waals surface area (Å²) in [6, 6.07) is 3.22. The third-order valence-corrected chi connectivity index (χ3v) is 4.25. The highest BCUT2D eigenvalue weighted by Gasteiger charge is 2.41. The standard InChI is InChI=1S/C17H24ClN3O2/c1-16(2,3)15(23)20-8-9-21(17(4,5)11-20)14(22)13-10-12(18)6-7-19-13/h6-7,10H,8-9,11H2,1-5H3. The van der Waals surface area contributed by atoms with Crippen LogP contribution in [0.4, 0.5) is 0 Å². The smallest absolute Gasteiger partial charge is 0.273 e. The van der Waals surface area contributed by atoms with Crippen molar-refractivity contribution in [2.24, 2.45) is 5.41 Å². The molecule has 2 rings (SSSR count). The van der Waals surface area contributed by atoms with Crippen molar-refractivity contribution in [3.63, 3.8) is 0 Å². The van der Waals surface area contributed by atoms with Gasteiger partial charge in [0.05, 0.1) is 5.54 Å². The van der Waals surface area contributed by atoms with E-state index in [0.717, 1.165) is 0 Å². The number of piperazine rings is 1. The fourth-order valence-electron chi connectivity index (χ4n) is 2.84. The fourth-order valence-corrected chi connectivity index (χ4v) is 3.00. The fraction of sp³-hybridized carbons (Fsp3) is 0.588. The van der Waals surface area contributed by atoms with Crippen molar-refractivity contribution in [1.82, 2.24) is 14.8 Å². The molecule has 0 bridgehead atoms. The number of carbonyl (C=O) groups excluding carboxylic acids is 2. The first kappa shape index (κ1) is 17.7. The normalized spacial score (nSPS) is 18.0. The van der Waals surface area contributed by atoms with E-state index in [0.29, 0.717) is 30.4 Å². The third-order valence-electron chi connectivity index (χ3n) is 4.02. The molecule has 1 aliphatic rings. The van der Waals surface area contributed by atoms with Crippen LogP contribution in [0.1, 0.15) is 45.1 Å². The summed E-state index contributed by atoms with van der Waals surface area (Å²) in [6.45, 7) is 11.2. The SMILES string of the molecule is CC(C)(C)C(=O)N1CCN(C(=O)c2cc(Cl)ccn2)C(C)(C)C1. The quantitative estimate of drug-likeness (QED) is 0.791. The number of halogens is 1. The van der Waals surface area contributed by atoms with Crippen LogP contribution < -0.4 is 0 Å². The maximum Gasteiger partial charge on any atom is 0.273 e. The van der Waals surface area contributed by atoms with Crippen LogP contribution in [-0.2, 0) is 4.79 Å². The molecule has 1 saturated heterocycles. The van der Waals surface area contributed by atoms with Crippen LogP contribution in [0.15, 0.2) is 18.3 Å². The average Bonchev–Trinajstić information content (AvgIpc) is 2.43. The van der Waals surface area contributed by atoms with Gasteiger partial charge in [-0.25, -0.2) is 0 Å². The molecule has 1 aromatic rings. The summed E-state index contributed by atoms with van der Waals surface area (Å²) >= 11 is 5.95. The van der Waals surface area contributed by atoms with Crippen molar-refractivity contribution >= 4 is 23.4 Å². The van der Waals surface area contributed by atoms with Gasteiger partial charge in [-0.2, -0.15) is 0 Å². The first-order chi connectivity index (χ1) is 10.5. The molecule has 0 N–H and O–H groups in total. The van der Waals surface area contributed by atoms with Crippen LogP contribution in [0.3, 0.4) is 0 Å². The van der Waals surface area contributed by atoms with Gasteiger partial charge in [-0.15, -0.1) is 0 Å². The molecule has 23 heavy (non-hydrogen) atoms. The number of hydrogen-bond donors (Lipinski definition) is 0. The second kappa shape index (κ2) is 6.11. The van der Waals surface area contributed by atoms with Crippen LogP contribution in [0.5, 0.6) is 0 Å². The average molecular weight is 338 g/mol. The van der Waals surface area contributed by atoms with E-state index in [1.165, 1.54) is 6.20 Å². The maximum atomic E-state index is 12.7. The van der Waals surface area contributed by atoms with Crippen molar-refractivity contribution in [3.05, 3.63) is 29.0 Å². The Hall–Kier alpha value is -1.62. The molecule has 1 aliphatic heterocycles. The molecule has 2 amide bonds. The highest BCUT2D eigenvalue weighted by atomic mass is 35.5. The number of nitrogens with zero attached hydrogens (tertiary/aromatic N) is 3. The molecule has 1 fully saturated rings. The summed E-state index contributed by atoms with van der Waals surface area (Å²) < 4.78 is 0. The zero-order valence-electron chi connectivity index (χ0n) is 14.4. The first-order valence-corrected chi connectivity index (χ1v) is 8.13. The highest BCUT2D eigenvalue weighted by Crippen LogP contribution is 2.27. The number of amides is 2. The third kappa shape index (κ3) is 3.83. The Morgan fingerprint density at radius 3 is 2.43 bits per heavy atom. The van der Waals surface area contributed by atoms with Gasteiger partial charge in [-0.1, -0.05) is 32.4 Å². The van der Waals surface area contributed by atoms with Gasteiger partial charge in [-0.05, 0) is 26.0 Å². The van der Waals surface area contributed by atoms with Crippen LogP contribution in [-0.4, -0.2) is 51.8 Å². The van der Waals surface area contributed by atoms with Crippen molar-refractivity contribution in [2.75, 3.05) is 19.6 Å². The number of rotatable bonds is 1. The summed E-state index contributed by atoms with van der Waals surface area (Å²) in [6.07, 6.45) is 1.53. The maximum absolute atomic E-state index is 12.7. The molecule has 0 radical (unpaired) electrons. The van der Waals surface area contributed by atoms with E-state index in [4.69, 9.17) is 11.6 Å². The number of hydrogen-bond acceptors (Lipinski definition) is 3. The second-order valence-corrected chi connectivity index (χ2v) is 8.04. The zero-order chi connectivity index (χ0) is 17.4. The molecule has 0 aliphatic carbocycles. The van der Waals surface area contributed by atoms with Gasteiger partial charge in [-0.3, -0.25) is 14.6 Å². The Labute approximate surface area is 142 Å². The van der Waals surface area contributed by atoms with Crippen LogP contribution in [0.25, 0.3) is 0 Å². The molecule has 0 saturated carbocycles. The number of aromatic nitrogens is 1. The molecule has 0 aromatic carbocycles. The Morgan fingerprint density at radius 1 is 1.26 bits per heavy atom. The Bertz CT molecular complexity index is 623. The van der Waals surface area contributed by atoms with Gasteiger partial charge < -0.3 is 9.80 Å². The molecular weight excluding hydrogens is 314 g/mol. The Balaban J connectivity index is 2.18. The molecule has 6 heteroatoms. The molecule has 0 atom stereocenters. The summed E-state index contributed by atoms with van der Waals surface area (Å²) in [7, 11) is 0. The van der Waals surface area contributed by atoms with E-state index in [1.807, 2.05) is 39.5 Å². The van der Waals surface area contributed by atoms with Gasteiger partial charge in [0.1, 0.15) is 5.69 Å². The Morgan fingerprint density at radius 2 is 1.91 bits per heavy atom. The second-order valence-electron chi connectivity index (χ2n) is 7.61. The topological polar surface area (TPSA) is 53.5 Å². The zero-order valence-corrected chi connectivity index (χ0v) is 15.1. The Kier molecular flexibility index (Phi) is 4.71. The molecule has 126 valence electrons. The van der Waals surface area contributed by atoms with Crippen molar-refractivity contribution in [3.8, 4) is 0 Å². The van der Waals surface area contributed by atoms with Crippen molar-refractivity contribution in [1.29, 1.82) is 0 Å². The lowest BCUT2D eigenvalue weighted by Gasteiger charge is -2.48. The van der Waals surface area contributed by atoms with Crippen molar-refractivity contribution < 1.29 is 9.59 Å². The van der Waals surface area contributed by atoms with E-state index < -0.39 is 11.0 Å². The first-order valence-electron chi connectivity index (χ1n) is 7.75. The number of carbonyl (C=O) groups is 2. The minimum absolute atomic E-state index is 0.110. The summed E-state index contributed by atoms with van der Waals surface area (Å²) in [5.74, 6) is -0.0427. The van der Waals surface area contributed by atoms with Crippen molar-refractivity contribution in [2.45, 2.75) is 40.2 Å². The summed E-state index contributed by atoms with van der Waals surface area (Å²) in [5.41, 5.74) is -0.544. The highest BCUT2D eigenvalue weighted by molar-refractivity contribution is 6.30. The molecule has 1 aromatic heterocycles. The molecule has 0 unspecified atom stereocenters. The minimum Gasteiger partial charge on any atom is -0.338 e. The molecule has 5 nitrogen and oxygen atoms in total. The summed E-state index contributed by atoms with van der Waals surface area (Å²) in [5, 5.41) is 0.489. The monoisotopic (exact) mass is 337 g/mol.